The molecule has 0 aliphatic heterocycles. The van der Waals surface area contributed by atoms with Crippen LogP contribution in [0.1, 0.15) is 12.8 Å². The molecule has 1 aliphatic carbocycles. The first-order chi connectivity index (χ1) is 9.26. The van der Waals surface area contributed by atoms with Crippen molar-refractivity contribution >= 4 is 45.2 Å². The van der Waals surface area contributed by atoms with E-state index in [2.05, 4.69) is 20.7 Å². The summed E-state index contributed by atoms with van der Waals surface area (Å²) in [5, 5.41) is 6.65. The van der Waals surface area contributed by atoms with Crippen molar-refractivity contribution in [2.75, 3.05) is 11.2 Å². The molecule has 0 aromatic carbocycles. The normalized spacial score (nSPS) is 14.6. The zero-order chi connectivity index (χ0) is 13.2. The van der Waals surface area contributed by atoms with Crippen LogP contribution in [0.3, 0.4) is 0 Å². The van der Waals surface area contributed by atoms with Gasteiger partial charge in [0.05, 0.1) is 5.75 Å². The van der Waals surface area contributed by atoms with E-state index in [9.17, 15) is 4.79 Å². The van der Waals surface area contributed by atoms with Gasteiger partial charge in [0, 0.05) is 11.4 Å². The van der Waals surface area contributed by atoms with E-state index in [0.29, 0.717) is 17.7 Å². The molecule has 6 nitrogen and oxygen atoms in total. The second-order valence-corrected chi connectivity index (χ2v) is 6.13. The summed E-state index contributed by atoms with van der Waals surface area (Å²) in [6.07, 6.45) is 2.19. The van der Waals surface area contributed by atoms with Crippen molar-refractivity contribution in [2.45, 2.75) is 23.9 Å². The number of nitrogens with one attached hydrogen (secondary N) is 2. The smallest absolute Gasteiger partial charge is 0.239 e. The molecule has 0 atom stereocenters. The Morgan fingerprint density at radius 3 is 3.11 bits per heavy atom. The molecule has 0 radical (unpaired) electrons. The maximum Gasteiger partial charge on any atom is 0.239 e. The van der Waals surface area contributed by atoms with Gasteiger partial charge in [0.25, 0.3) is 0 Å². The Balaban J connectivity index is 1.74. The summed E-state index contributed by atoms with van der Waals surface area (Å²) in [6.45, 7) is 0. The number of carbonyl (C=O) groups is 1. The van der Waals surface area contributed by atoms with Gasteiger partial charge < -0.3 is 5.32 Å². The minimum atomic E-state index is 0.0525. The number of hydrazine groups is 1. The quantitative estimate of drug-likeness (QED) is 0.334. The Morgan fingerprint density at radius 2 is 2.37 bits per heavy atom. The summed E-state index contributed by atoms with van der Waals surface area (Å²) >= 11 is 2.94. The number of thiophene rings is 1. The number of nitrogen functional groups attached to an aromatic ring is 1. The predicted molar refractivity (Wildman–Crippen MR) is 77.1 cm³/mol. The SMILES string of the molecule is NNc1nc(SCC(=O)NC2CC2)c2ccsc2n1. The molecule has 3 rings (SSSR count). The standard InChI is InChI=1S/C11H13N5OS2/c12-16-11-14-9-7(3-4-18-9)10(15-11)19-5-8(17)13-6-1-2-6/h3-4,6H,1-2,5,12H2,(H,13,17)(H,14,15,16). The molecule has 4 N–H and O–H groups in total. The number of anilines is 1. The van der Waals surface area contributed by atoms with E-state index < -0.39 is 0 Å². The summed E-state index contributed by atoms with van der Waals surface area (Å²) in [5.74, 6) is 6.14. The van der Waals surface area contributed by atoms with Gasteiger partial charge in [0.1, 0.15) is 9.86 Å². The van der Waals surface area contributed by atoms with Crippen molar-refractivity contribution in [3.8, 4) is 0 Å². The fourth-order valence-electron chi connectivity index (χ4n) is 1.63. The summed E-state index contributed by atoms with van der Waals surface area (Å²) in [4.78, 5) is 21.1. The lowest BCUT2D eigenvalue weighted by atomic mass is 10.4. The molecule has 2 aromatic rings. The second kappa shape index (κ2) is 5.32. The van der Waals surface area contributed by atoms with Crippen LogP contribution in [0.5, 0.6) is 0 Å². The van der Waals surface area contributed by atoms with Crippen molar-refractivity contribution in [2.24, 2.45) is 5.84 Å². The van der Waals surface area contributed by atoms with Crippen LogP contribution >= 0.6 is 23.1 Å². The highest BCUT2D eigenvalue weighted by molar-refractivity contribution is 8.00. The monoisotopic (exact) mass is 295 g/mol. The topological polar surface area (TPSA) is 92.9 Å². The molecule has 1 saturated carbocycles. The summed E-state index contributed by atoms with van der Waals surface area (Å²) in [7, 11) is 0. The van der Waals surface area contributed by atoms with Crippen LogP contribution in [0.2, 0.25) is 0 Å². The lowest BCUT2D eigenvalue weighted by Gasteiger charge is -2.05. The third-order valence-electron chi connectivity index (χ3n) is 2.70. The number of nitrogens with two attached hydrogens (primary N) is 1. The third-order valence-corrected chi connectivity index (χ3v) is 4.50. The Morgan fingerprint density at radius 1 is 1.53 bits per heavy atom. The minimum absolute atomic E-state index is 0.0525. The molecule has 0 spiro atoms. The molecule has 0 unspecified atom stereocenters. The first-order valence-corrected chi connectivity index (χ1v) is 7.77. The summed E-state index contributed by atoms with van der Waals surface area (Å²) < 4.78 is 0. The van der Waals surface area contributed by atoms with E-state index in [0.717, 1.165) is 28.1 Å². The number of thioether (sulfide) groups is 1. The molecule has 2 heterocycles. The maximum atomic E-state index is 11.7. The van der Waals surface area contributed by atoms with Gasteiger partial charge in [-0.1, -0.05) is 11.8 Å². The highest BCUT2D eigenvalue weighted by atomic mass is 32.2. The fourth-order valence-corrected chi connectivity index (χ4v) is 3.28. The molecular formula is C11H13N5OS2. The maximum absolute atomic E-state index is 11.7. The number of rotatable bonds is 5. The van der Waals surface area contributed by atoms with E-state index in [1.165, 1.54) is 23.1 Å². The molecule has 19 heavy (non-hydrogen) atoms. The van der Waals surface area contributed by atoms with Crippen LogP contribution < -0.4 is 16.6 Å². The predicted octanol–water partition coefficient (Wildman–Crippen LogP) is 1.35. The van der Waals surface area contributed by atoms with Gasteiger partial charge in [0.15, 0.2) is 0 Å². The van der Waals surface area contributed by atoms with E-state index in [1.54, 1.807) is 0 Å². The van der Waals surface area contributed by atoms with Gasteiger partial charge in [0.2, 0.25) is 11.9 Å². The number of aromatic nitrogens is 2. The Hall–Kier alpha value is -1.38. The van der Waals surface area contributed by atoms with Crippen molar-refractivity contribution in [1.29, 1.82) is 0 Å². The van der Waals surface area contributed by atoms with Gasteiger partial charge in [-0.15, -0.1) is 11.3 Å². The Kier molecular flexibility index (Phi) is 3.54. The minimum Gasteiger partial charge on any atom is -0.353 e. The molecule has 0 bridgehead atoms. The number of carbonyl (C=O) groups excluding carboxylic acids is 1. The molecular weight excluding hydrogens is 282 g/mol. The van der Waals surface area contributed by atoms with Crippen molar-refractivity contribution in [3.63, 3.8) is 0 Å². The largest absolute Gasteiger partial charge is 0.353 e. The van der Waals surface area contributed by atoms with E-state index in [-0.39, 0.29) is 5.91 Å². The van der Waals surface area contributed by atoms with Gasteiger partial charge in [-0.2, -0.15) is 0 Å². The lowest BCUT2D eigenvalue weighted by Crippen LogP contribution is -2.27. The molecule has 1 fully saturated rings. The third kappa shape index (κ3) is 2.96. The van der Waals surface area contributed by atoms with E-state index in [1.807, 2.05) is 11.4 Å². The zero-order valence-corrected chi connectivity index (χ0v) is 11.7. The van der Waals surface area contributed by atoms with Crippen molar-refractivity contribution in [3.05, 3.63) is 11.4 Å². The average Bonchev–Trinajstić information content (AvgIpc) is 3.09. The van der Waals surface area contributed by atoms with Crippen LogP contribution in [-0.4, -0.2) is 27.7 Å². The summed E-state index contributed by atoms with van der Waals surface area (Å²) in [5.41, 5.74) is 2.45. The van der Waals surface area contributed by atoms with E-state index >= 15 is 0 Å². The van der Waals surface area contributed by atoms with E-state index in [4.69, 9.17) is 5.84 Å². The van der Waals surface area contributed by atoms with Gasteiger partial charge >= 0.3 is 0 Å². The zero-order valence-electron chi connectivity index (χ0n) is 10.0. The first kappa shape index (κ1) is 12.6. The van der Waals surface area contributed by atoms with Crippen LogP contribution in [0, 0.1) is 0 Å². The number of hydrogen-bond acceptors (Lipinski definition) is 7. The van der Waals surface area contributed by atoms with Crippen LogP contribution in [0.4, 0.5) is 5.95 Å². The molecule has 1 amide bonds. The number of nitrogens with zero attached hydrogens (tertiary/aromatic N) is 2. The highest BCUT2D eigenvalue weighted by Crippen LogP contribution is 2.29. The van der Waals surface area contributed by atoms with Gasteiger partial charge in [-0.3, -0.25) is 10.2 Å². The van der Waals surface area contributed by atoms with Gasteiger partial charge in [-0.05, 0) is 24.3 Å². The molecule has 100 valence electrons. The van der Waals surface area contributed by atoms with Crippen molar-refractivity contribution < 1.29 is 4.79 Å². The summed E-state index contributed by atoms with van der Waals surface area (Å²) in [6, 6.07) is 2.35. The van der Waals surface area contributed by atoms with Crippen LogP contribution in [0.15, 0.2) is 16.5 Å². The molecule has 8 heteroatoms. The molecule has 1 aliphatic rings. The highest BCUT2D eigenvalue weighted by Gasteiger charge is 2.23. The number of fused-ring (bicyclic) bond motifs is 1. The van der Waals surface area contributed by atoms with Crippen molar-refractivity contribution in [1.82, 2.24) is 15.3 Å². The Labute approximate surface area is 118 Å². The molecule has 0 saturated heterocycles. The average molecular weight is 295 g/mol. The second-order valence-electron chi connectivity index (χ2n) is 4.27. The van der Waals surface area contributed by atoms with Crippen LogP contribution in [-0.2, 0) is 4.79 Å². The first-order valence-electron chi connectivity index (χ1n) is 5.90. The Bertz CT molecular complexity index is 610. The number of amides is 1. The van der Waals surface area contributed by atoms with Crippen LogP contribution in [0.25, 0.3) is 10.2 Å². The fraction of sp³-hybridized carbons (Fsp3) is 0.364. The van der Waals surface area contributed by atoms with Gasteiger partial charge in [-0.25, -0.2) is 15.8 Å². The molecule has 2 aromatic heterocycles. The lowest BCUT2D eigenvalue weighted by molar-refractivity contribution is -0.118. The number of hydrogen-bond donors (Lipinski definition) is 3.